The number of hydrogen-bond donors (Lipinski definition) is 1. The zero-order valence-corrected chi connectivity index (χ0v) is 11.6. The molecule has 3 aromatic rings. The number of fused-ring (bicyclic) bond motifs is 1. The number of aromatic nitrogens is 5. The predicted molar refractivity (Wildman–Crippen MR) is 73.8 cm³/mol. The third-order valence-electron chi connectivity index (χ3n) is 2.52. The van der Waals surface area contributed by atoms with Crippen LogP contribution in [0.3, 0.4) is 0 Å². The normalized spacial score (nSPS) is 10.9. The standard InChI is InChI=1S/C11H8BrN5S/c12-7-4-9-10(13-5-7)17(11(18)15-9)6-8-2-1-3-14-16-8/h1-5H,6H2,(H,15,18). The summed E-state index contributed by atoms with van der Waals surface area (Å²) >= 11 is 8.68. The number of rotatable bonds is 2. The lowest BCUT2D eigenvalue weighted by atomic mass is 10.4. The first-order valence-corrected chi connectivity index (χ1v) is 6.45. The Hall–Kier alpha value is -1.60. The van der Waals surface area contributed by atoms with Gasteiger partial charge in [-0.15, -0.1) is 0 Å². The number of halogens is 1. The highest BCUT2D eigenvalue weighted by Crippen LogP contribution is 2.17. The van der Waals surface area contributed by atoms with Gasteiger partial charge in [-0.05, 0) is 46.3 Å². The molecule has 0 aliphatic heterocycles. The number of nitrogens with zero attached hydrogens (tertiary/aromatic N) is 4. The van der Waals surface area contributed by atoms with E-state index in [0.717, 1.165) is 21.3 Å². The molecule has 0 spiro atoms. The minimum Gasteiger partial charge on any atom is -0.329 e. The van der Waals surface area contributed by atoms with Gasteiger partial charge >= 0.3 is 0 Å². The molecular weight excluding hydrogens is 314 g/mol. The molecule has 3 heterocycles. The fourth-order valence-electron chi connectivity index (χ4n) is 1.74. The smallest absolute Gasteiger partial charge is 0.179 e. The molecule has 0 saturated carbocycles. The van der Waals surface area contributed by atoms with E-state index in [-0.39, 0.29) is 0 Å². The molecule has 90 valence electrons. The Kier molecular flexibility index (Phi) is 2.92. The number of imidazole rings is 1. The number of nitrogens with one attached hydrogen (secondary N) is 1. The molecule has 18 heavy (non-hydrogen) atoms. The topological polar surface area (TPSA) is 59.4 Å². The zero-order chi connectivity index (χ0) is 12.5. The average Bonchev–Trinajstić information content (AvgIpc) is 2.66. The molecule has 0 bridgehead atoms. The number of aromatic amines is 1. The van der Waals surface area contributed by atoms with Gasteiger partial charge in [0.15, 0.2) is 10.4 Å². The molecule has 3 rings (SSSR count). The molecule has 7 heteroatoms. The van der Waals surface area contributed by atoms with Crippen LogP contribution in [-0.4, -0.2) is 24.7 Å². The Balaban J connectivity index is 2.12. The van der Waals surface area contributed by atoms with E-state index in [0.29, 0.717) is 11.3 Å². The number of hydrogen-bond acceptors (Lipinski definition) is 4. The van der Waals surface area contributed by atoms with Crippen molar-refractivity contribution in [1.82, 2.24) is 24.7 Å². The van der Waals surface area contributed by atoms with Gasteiger partial charge in [-0.25, -0.2) is 4.98 Å². The largest absolute Gasteiger partial charge is 0.329 e. The molecule has 0 fully saturated rings. The summed E-state index contributed by atoms with van der Waals surface area (Å²) in [6, 6.07) is 5.71. The van der Waals surface area contributed by atoms with Crippen LogP contribution in [0.1, 0.15) is 5.69 Å². The van der Waals surface area contributed by atoms with Gasteiger partial charge < -0.3 is 4.98 Å². The lowest BCUT2D eigenvalue weighted by Crippen LogP contribution is -2.03. The van der Waals surface area contributed by atoms with Crippen molar-refractivity contribution in [2.45, 2.75) is 6.54 Å². The molecule has 5 nitrogen and oxygen atoms in total. The third kappa shape index (κ3) is 2.06. The van der Waals surface area contributed by atoms with Gasteiger partial charge in [0.2, 0.25) is 0 Å². The zero-order valence-electron chi connectivity index (χ0n) is 9.17. The maximum absolute atomic E-state index is 5.30. The summed E-state index contributed by atoms with van der Waals surface area (Å²) in [5.74, 6) is 0. The Morgan fingerprint density at radius 3 is 3.11 bits per heavy atom. The minimum atomic E-state index is 0.557. The fourth-order valence-corrected chi connectivity index (χ4v) is 2.34. The van der Waals surface area contributed by atoms with Crippen LogP contribution in [0.4, 0.5) is 0 Å². The van der Waals surface area contributed by atoms with Gasteiger partial charge in [0.05, 0.1) is 17.8 Å². The van der Waals surface area contributed by atoms with E-state index in [9.17, 15) is 0 Å². The van der Waals surface area contributed by atoms with E-state index < -0.39 is 0 Å². The highest BCUT2D eigenvalue weighted by Gasteiger charge is 2.07. The highest BCUT2D eigenvalue weighted by atomic mass is 79.9. The van der Waals surface area contributed by atoms with Crippen LogP contribution >= 0.6 is 28.1 Å². The summed E-state index contributed by atoms with van der Waals surface area (Å²) in [4.78, 5) is 7.49. The maximum Gasteiger partial charge on any atom is 0.179 e. The molecule has 0 amide bonds. The van der Waals surface area contributed by atoms with Gasteiger partial charge in [-0.1, -0.05) is 0 Å². The fraction of sp³-hybridized carbons (Fsp3) is 0.0909. The van der Waals surface area contributed by atoms with Crippen molar-refractivity contribution >= 4 is 39.3 Å². The van der Waals surface area contributed by atoms with Crippen LogP contribution < -0.4 is 0 Å². The van der Waals surface area contributed by atoms with E-state index >= 15 is 0 Å². The molecule has 0 saturated heterocycles. The van der Waals surface area contributed by atoms with Gasteiger partial charge in [-0.3, -0.25) is 4.57 Å². The van der Waals surface area contributed by atoms with Crippen LogP contribution in [0.2, 0.25) is 0 Å². The highest BCUT2D eigenvalue weighted by molar-refractivity contribution is 9.10. The summed E-state index contributed by atoms with van der Waals surface area (Å²) in [7, 11) is 0. The first-order valence-electron chi connectivity index (χ1n) is 5.25. The lowest BCUT2D eigenvalue weighted by molar-refractivity contribution is 0.756. The van der Waals surface area contributed by atoms with Crippen molar-refractivity contribution in [2.24, 2.45) is 0 Å². The van der Waals surface area contributed by atoms with Gasteiger partial charge in [0, 0.05) is 16.9 Å². The summed E-state index contributed by atoms with van der Waals surface area (Å²) in [6.07, 6.45) is 3.39. The maximum atomic E-state index is 5.30. The monoisotopic (exact) mass is 321 g/mol. The molecular formula is C11H8BrN5S. The average molecular weight is 322 g/mol. The SMILES string of the molecule is S=c1[nH]c2cc(Br)cnc2n1Cc1cccnn1. The third-order valence-corrected chi connectivity index (χ3v) is 3.28. The van der Waals surface area contributed by atoms with E-state index in [1.54, 1.807) is 12.4 Å². The van der Waals surface area contributed by atoms with Crippen molar-refractivity contribution in [3.63, 3.8) is 0 Å². The molecule has 0 aliphatic rings. The van der Waals surface area contributed by atoms with Crippen LogP contribution in [-0.2, 0) is 6.54 Å². The van der Waals surface area contributed by atoms with E-state index in [4.69, 9.17) is 12.2 Å². The van der Waals surface area contributed by atoms with Gasteiger partial charge in [-0.2, -0.15) is 10.2 Å². The summed E-state index contributed by atoms with van der Waals surface area (Å²) in [5, 5.41) is 7.90. The summed E-state index contributed by atoms with van der Waals surface area (Å²) in [6.45, 7) is 0.557. The Morgan fingerprint density at radius 1 is 1.44 bits per heavy atom. The quantitative estimate of drug-likeness (QED) is 0.737. The second-order valence-electron chi connectivity index (χ2n) is 3.76. The van der Waals surface area contributed by atoms with Crippen LogP contribution in [0.15, 0.2) is 35.1 Å². The summed E-state index contributed by atoms with van der Waals surface area (Å²) < 4.78 is 3.44. The Morgan fingerprint density at radius 2 is 2.33 bits per heavy atom. The number of pyridine rings is 1. The van der Waals surface area contributed by atoms with Crippen LogP contribution in [0.5, 0.6) is 0 Å². The predicted octanol–water partition coefficient (Wildman–Crippen LogP) is 2.69. The first-order chi connectivity index (χ1) is 8.74. The Bertz CT molecular complexity index is 749. The molecule has 3 aromatic heterocycles. The van der Waals surface area contributed by atoms with Gasteiger partial charge in [0.25, 0.3) is 0 Å². The minimum absolute atomic E-state index is 0.557. The number of H-pyrrole nitrogens is 1. The molecule has 0 aliphatic carbocycles. The van der Waals surface area contributed by atoms with Crippen molar-refractivity contribution < 1.29 is 0 Å². The van der Waals surface area contributed by atoms with E-state index in [1.807, 2.05) is 22.8 Å². The van der Waals surface area contributed by atoms with E-state index in [1.165, 1.54) is 0 Å². The molecule has 0 radical (unpaired) electrons. The lowest BCUT2D eigenvalue weighted by Gasteiger charge is -2.02. The molecule has 0 atom stereocenters. The molecule has 0 unspecified atom stereocenters. The molecule has 1 N–H and O–H groups in total. The first kappa shape index (κ1) is 11.5. The molecule has 0 aromatic carbocycles. The van der Waals surface area contributed by atoms with Crippen LogP contribution in [0.25, 0.3) is 11.2 Å². The summed E-state index contributed by atoms with van der Waals surface area (Å²) in [5.41, 5.74) is 2.56. The van der Waals surface area contributed by atoms with Gasteiger partial charge in [0.1, 0.15) is 0 Å². The van der Waals surface area contributed by atoms with Crippen molar-refractivity contribution in [1.29, 1.82) is 0 Å². The van der Waals surface area contributed by atoms with Crippen molar-refractivity contribution in [3.8, 4) is 0 Å². The Labute approximate surface area is 116 Å². The second-order valence-corrected chi connectivity index (χ2v) is 5.06. The van der Waals surface area contributed by atoms with Crippen molar-refractivity contribution in [2.75, 3.05) is 0 Å². The second kappa shape index (κ2) is 4.58. The van der Waals surface area contributed by atoms with Crippen LogP contribution in [0, 0.1) is 4.77 Å². The van der Waals surface area contributed by atoms with Crippen molar-refractivity contribution in [3.05, 3.63) is 45.5 Å². The van der Waals surface area contributed by atoms with E-state index in [2.05, 4.69) is 36.1 Å².